The Bertz CT molecular complexity index is 106. The van der Waals surface area contributed by atoms with Crippen molar-refractivity contribution in [1.29, 1.82) is 0 Å². The summed E-state index contributed by atoms with van der Waals surface area (Å²) in [6.07, 6.45) is 6.30. The maximum atomic E-state index is 5.08. The van der Waals surface area contributed by atoms with Crippen molar-refractivity contribution in [2.75, 3.05) is 18.6 Å². The summed E-state index contributed by atoms with van der Waals surface area (Å²) >= 11 is 1.84. The Labute approximate surface area is 67.5 Å². The predicted octanol–water partition coefficient (Wildman–Crippen LogP) is 1.78. The van der Waals surface area contributed by atoms with Crippen molar-refractivity contribution >= 4 is 11.8 Å². The molecule has 0 spiro atoms. The Balaban J connectivity index is 2.98. The SMILES string of the molecule is C#CCCSCC(C)OC. The molecule has 1 unspecified atom stereocenters. The summed E-state index contributed by atoms with van der Waals surface area (Å²) in [5.74, 6) is 4.68. The lowest BCUT2D eigenvalue weighted by Gasteiger charge is -2.06. The number of rotatable bonds is 5. The van der Waals surface area contributed by atoms with E-state index in [2.05, 4.69) is 12.8 Å². The maximum Gasteiger partial charge on any atom is 0.0633 e. The minimum absolute atomic E-state index is 0.350. The fraction of sp³-hybridized carbons (Fsp3) is 0.750. The van der Waals surface area contributed by atoms with Gasteiger partial charge >= 0.3 is 0 Å². The number of thioether (sulfide) groups is 1. The van der Waals surface area contributed by atoms with E-state index in [1.165, 1.54) is 0 Å². The Kier molecular flexibility index (Phi) is 6.89. The number of hydrogen-bond donors (Lipinski definition) is 0. The third-order valence-electron chi connectivity index (χ3n) is 1.15. The number of ether oxygens (including phenoxy) is 1. The molecule has 0 aliphatic carbocycles. The summed E-state index contributed by atoms with van der Waals surface area (Å²) in [5, 5.41) is 0. The highest BCUT2D eigenvalue weighted by atomic mass is 32.2. The average Bonchev–Trinajstić information content (AvgIpc) is 1.98. The van der Waals surface area contributed by atoms with Crippen LogP contribution in [0.5, 0.6) is 0 Å². The van der Waals surface area contributed by atoms with Gasteiger partial charge in [-0.2, -0.15) is 11.8 Å². The zero-order valence-electron chi connectivity index (χ0n) is 6.59. The molecular formula is C8H14OS. The minimum atomic E-state index is 0.350. The van der Waals surface area contributed by atoms with Crippen LogP contribution in [0.3, 0.4) is 0 Å². The molecule has 1 atom stereocenters. The highest BCUT2D eigenvalue weighted by Crippen LogP contribution is 2.05. The van der Waals surface area contributed by atoms with Gasteiger partial charge in [-0.15, -0.1) is 12.3 Å². The summed E-state index contributed by atoms with van der Waals surface area (Å²) in [5.41, 5.74) is 0. The van der Waals surface area contributed by atoms with Crippen molar-refractivity contribution in [3.05, 3.63) is 0 Å². The Hall–Kier alpha value is -0.130. The molecule has 0 saturated heterocycles. The molecule has 0 radical (unpaired) electrons. The van der Waals surface area contributed by atoms with E-state index < -0.39 is 0 Å². The summed E-state index contributed by atoms with van der Waals surface area (Å²) in [4.78, 5) is 0. The van der Waals surface area contributed by atoms with Gasteiger partial charge < -0.3 is 4.74 Å². The summed E-state index contributed by atoms with van der Waals surface area (Å²) < 4.78 is 5.06. The quantitative estimate of drug-likeness (QED) is 0.445. The smallest absolute Gasteiger partial charge is 0.0633 e. The zero-order chi connectivity index (χ0) is 7.82. The Morgan fingerprint density at radius 3 is 2.90 bits per heavy atom. The van der Waals surface area contributed by atoms with Gasteiger partial charge in [-0.1, -0.05) is 0 Å². The molecule has 0 aromatic rings. The summed E-state index contributed by atoms with van der Waals surface area (Å²) in [6, 6.07) is 0. The average molecular weight is 158 g/mol. The van der Waals surface area contributed by atoms with Crippen molar-refractivity contribution in [2.45, 2.75) is 19.4 Å². The zero-order valence-corrected chi connectivity index (χ0v) is 7.41. The molecule has 0 aromatic carbocycles. The van der Waals surface area contributed by atoms with Gasteiger partial charge in [0.25, 0.3) is 0 Å². The first-order valence-corrected chi connectivity index (χ1v) is 4.50. The molecule has 2 heteroatoms. The molecule has 0 rings (SSSR count). The van der Waals surface area contributed by atoms with E-state index in [9.17, 15) is 0 Å². The fourth-order valence-corrected chi connectivity index (χ4v) is 1.35. The lowest BCUT2D eigenvalue weighted by atomic mass is 10.5. The second kappa shape index (κ2) is 6.98. The molecule has 1 nitrogen and oxygen atoms in total. The highest BCUT2D eigenvalue weighted by Gasteiger charge is 1.96. The highest BCUT2D eigenvalue weighted by molar-refractivity contribution is 7.99. The molecular weight excluding hydrogens is 144 g/mol. The van der Waals surface area contributed by atoms with E-state index in [1.807, 2.05) is 11.8 Å². The summed E-state index contributed by atoms with van der Waals surface area (Å²) in [7, 11) is 1.73. The van der Waals surface area contributed by atoms with Gasteiger partial charge in [0.1, 0.15) is 0 Å². The first-order chi connectivity index (χ1) is 4.81. The number of hydrogen-bond acceptors (Lipinski definition) is 2. The van der Waals surface area contributed by atoms with E-state index in [4.69, 9.17) is 11.2 Å². The van der Waals surface area contributed by atoms with E-state index >= 15 is 0 Å². The van der Waals surface area contributed by atoms with Crippen LogP contribution in [0.2, 0.25) is 0 Å². The van der Waals surface area contributed by atoms with E-state index in [-0.39, 0.29) is 0 Å². The first-order valence-electron chi connectivity index (χ1n) is 3.35. The van der Waals surface area contributed by atoms with Crippen molar-refractivity contribution in [3.8, 4) is 12.3 Å². The number of terminal acetylenes is 1. The molecule has 0 aliphatic heterocycles. The fourth-order valence-electron chi connectivity index (χ4n) is 0.448. The third kappa shape index (κ3) is 6.00. The van der Waals surface area contributed by atoms with Crippen LogP contribution in [0.25, 0.3) is 0 Å². The standard InChI is InChI=1S/C8H14OS/c1-4-5-6-10-7-8(2)9-3/h1,8H,5-7H2,2-3H3. The monoisotopic (exact) mass is 158 g/mol. The van der Waals surface area contributed by atoms with Crippen molar-refractivity contribution in [1.82, 2.24) is 0 Å². The molecule has 0 aliphatic rings. The van der Waals surface area contributed by atoms with Crippen LogP contribution >= 0.6 is 11.8 Å². The first kappa shape index (κ1) is 9.87. The van der Waals surface area contributed by atoms with E-state index in [0.29, 0.717) is 6.10 Å². The second-order valence-corrected chi connectivity index (χ2v) is 3.23. The number of methoxy groups -OCH3 is 1. The largest absolute Gasteiger partial charge is 0.381 e. The molecule has 0 amide bonds. The molecule has 0 N–H and O–H groups in total. The normalized spacial score (nSPS) is 12.5. The molecule has 0 bridgehead atoms. The molecule has 0 saturated carbocycles. The topological polar surface area (TPSA) is 9.23 Å². The van der Waals surface area contributed by atoms with Gasteiger partial charge in [-0.3, -0.25) is 0 Å². The minimum Gasteiger partial charge on any atom is -0.381 e. The van der Waals surface area contributed by atoms with E-state index in [1.54, 1.807) is 7.11 Å². The van der Waals surface area contributed by atoms with Gasteiger partial charge in [0, 0.05) is 25.0 Å². The lowest BCUT2D eigenvalue weighted by molar-refractivity contribution is 0.138. The van der Waals surface area contributed by atoms with Gasteiger partial charge in [0.05, 0.1) is 6.10 Å². The van der Waals surface area contributed by atoms with Crippen LogP contribution in [0, 0.1) is 12.3 Å². The van der Waals surface area contributed by atoms with Crippen molar-refractivity contribution < 1.29 is 4.74 Å². The van der Waals surface area contributed by atoms with Crippen LogP contribution in [0.1, 0.15) is 13.3 Å². The molecule has 0 aromatic heterocycles. The predicted molar refractivity (Wildman–Crippen MR) is 47.2 cm³/mol. The van der Waals surface area contributed by atoms with Crippen LogP contribution in [-0.2, 0) is 4.74 Å². The van der Waals surface area contributed by atoms with Crippen LogP contribution in [-0.4, -0.2) is 24.7 Å². The van der Waals surface area contributed by atoms with Crippen LogP contribution in [0.4, 0.5) is 0 Å². The molecule has 0 heterocycles. The third-order valence-corrected chi connectivity index (χ3v) is 2.34. The van der Waals surface area contributed by atoms with E-state index in [0.717, 1.165) is 17.9 Å². The van der Waals surface area contributed by atoms with Gasteiger partial charge in [-0.05, 0) is 6.92 Å². The van der Waals surface area contributed by atoms with Crippen molar-refractivity contribution in [3.63, 3.8) is 0 Å². The van der Waals surface area contributed by atoms with Gasteiger partial charge in [0.15, 0.2) is 0 Å². The maximum absolute atomic E-state index is 5.08. The Morgan fingerprint density at radius 2 is 2.40 bits per heavy atom. The second-order valence-electron chi connectivity index (χ2n) is 2.08. The van der Waals surface area contributed by atoms with Crippen LogP contribution < -0.4 is 0 Å². The van der Waals surface area contributed by atoms with Crippen LogP contribution in [0.15, 0.2) is 0 Å². The summed E-state index contributed by atoms with van der Waals surface area (Å²) in [6.45, 7) is 2.06. The Morgan fingerprint density at radius 1 is 1.70 bits per heavy atom. The molecule has 58 valence electrons. The van der Waals surface area contributed by atoms with Gasteiger partial charge in [-0.25, -0.2) is 0 Å². The van der Waals surface area contributed by atoms with Crippen molar-refractivity contribution in [2.24, 2.45) is 0 Å². The molecule has 0 fully saturated rings. The lowest BCUT2D eigenvalue weighted by Crippen LogP contribution is -2.07. The van der Waals surface area contributed by atoms with Gasteiger partial charge in [0.2, 0.25) is 0 Å². The molecule has 10 heavy (non-hydrogen) atoms.